The number of carbonyl (C=O) groups is 3. The van der Waals surface area contributed by atoms with Crippen LogP contribution >= 0.6 is 0 Å². The number of carbonyl (C=O) groups excluding carboxylic acids is 3. The van der Waals surface area contributed by atoms with E-state index in [0.717, 1.165) is 6.42 Å². The Bertz CT molecular complexity index is 813. The SMILES string of the molecule is COC(=O)[C@H](NC(=O)c1ccnc2ccccc12)[C@H]1CCCC(=O)C1. The van der Waals surface area contributed by atoms with Gasteiger partial charge in [-0.2, -0.15) is 0 Å². The van der Waals surface area contributed by atoms with Crippen molar-refractivity contribution in [3.05, 3.63) is 42.1 Å². The van der Waals surface area contributed by atoms with E-state index in [9.17, 15) is 14.4 Å². The molecule has 1 N–H and O–H groups in total. The quantitative estimate of drug-likeness (QED) is 0.863. The molecule has 1 aromatic carbocycles. The van der Waals surface area contributed by atoms with Crippen molar-refractivity contribution in [2.24, 2.45) is 5.92 Å². The molecule has 0 aliphatic heterocycles. The normalized spacial score (nSPS) is 18.6. The minimum Gasteiger partial charge on any atom is -0.467 e. The van der Waals surface area contributed by atoms with Gasteiger partial charge in [-0.05, 0) is 30.9 Å². The standard InChI is InChI=1S/C19H20N2O4/c1-25-19(24)17(12-5-4-6-13(22)11-12)21-18(23)15-9-10-20-16-8-3-2-7-14(15)16/h2-3,7-10,12,17H,4-6,11H2,1H3,(H,21,23)/t12-,17+/m0/s1. The van der Waals surface area contributed by atoms with Crippen LogP contribution in [-0.2, 0) is 14.3 Å². The molecular formula is C19H20N2O4. The first kappa shape index (κ1) is 17.1. The average Bonchev–Trinajstić information content (AvgIpc) is 2.64. The van der Waals surface area contributed by atoms with Gasteiger partial charge in [0.25, 0.3) is 5.91 Å². The molecular weight excluding hydrogens is 320 g/mol. The second kappa shape index (κ2) is 7.42. The Morgan fingerprint density at radius 3 is 2.84 bits per heavy atom. The molecule has 0 saturated heterocycles. The number of ether oxygens (including phenoxy) is 1. The van der Waals surface area contributed by atoms with E-state index in [0.29, 0.717) is 29.3 Å². The fraction of sp³-hybridized carbons (Fsp3) is 0.368. The Morgan fingerprint density at radius 1 is 1.28 bits per heavy atom. The summed E-state index contributed by atoms with van der Waals surface area (Å²) < 4.78 is 4.85. The Hall–Kier alpha value is -2.76. The van der Waals surface area contributed by atoms with Gasteiger partial charge >= 0.3 is 5.97 Å². The number of fused-ring (bicyclic) bond motifs is 1. The fourth-order valence-electron chi connectivity index (χ4n) is 3.35. The summed E-state index contributed by atoms with van der Waals surface area (Å²) in [6.07, 6.45) is 3.83. The number of aromatic nitrogens is 1. The van der Waals surface area contributed by atoms with Crippen molar-refractivity contribution in [3.63, 3.8) is 0 Å². The van der Waals surface area contributed by atoms with Crippen LogP contribution in [0, 0.1) is 5.92 Å². The van der Waals surface area contributed by atoms with E-state index in [2.05, 4.69) is 10.3 Å². The number of pyridine rings is 1. The summed E-state index contributed by atoms with van der Waals surface area (Å²) in [5, 5.41) is 3.49. The fourth-order valence-corrected chi connectivity index (χ4v) is 3.35. The number of amides is 1. The highest BCUT2D eigenvalue weighted by Gasteiger charge is 2.34. The molecule has 0 spiro atoms. The number of methoxy groups -OCH3 is 1. The van der Waals surface area contributed by atoms with Crippen molar-refractivity contribution in [2.75, 3.05) is 7.11 Å². The van der Waals surface area contributed by atoms with Gasteiger partial charge in [0.2, 0.25) is 0 Å². The van der Waals surface area contributed by atoms with Gasteiger partial charge in [-0.3, -0.25) is 14.6 Å². The van der Waals surface area contributed by atoms with Crippen molar-refractivity contribution < 1.29 is 19.1 Å². The summed E-state index contributed by atoms with van der Waals surface area (Å²) in [4.78, 5) is 41.0. The summed E-state index contributed by atoms with van der Waals surface area (Å²) in [6.45, 7) is 0. The lowest BCUT2D eigenvalue weighted by atomic mass is 9.83. The predicted octanol–water partition coefficient (Wildman–Crippen LogP) is 2.27. The second-order valence-corrected chi connectivity index (χ2v) is 6.25. The molecule has 2 atom stereocenters. The third-order valence-electron chi connectivity index (χ3n) is 4.63. The van der Waals surface area contributed by atoms with Crippen LogP contribution in [0.2, 0.25) is 0 Å². The van der Waals surface area contributed by atoms with Crippen molar-refractivity contribution in [1.82, 2.24) is 10.3 Å². The van der Waals surface area contributed by atoms with Gasteiger partial charge in [0.05, 0.1) is 18.2 Å². The highest BCUT2D eigenvalue weighted by Crippen LogP contribution is 2.26. The highest BCUT2D eigenvalue weighted by atomic mass is 16.5. The summed E-state index contributed by atoms with van der Waals surface area (Å²) >= 11 is 0. The van der Waals surface area contributed by atoms with Gasteiger partial charge in [0, 0.05) is 24.4 Å². The van der Waals surface area contributed by atoms with Crippen LogP contribution in [0.1, 0.15) is 36.0 Å². The Kier molecular flexibility index (Phi) is 5.07. The zero-order valence-electron chi connectivity index (χ0n) is 14.0. The molecule has 0 bridgehead atoms. The number of hydrogen-bond acceptors (Lipinski definition) is 5. The topological polar surface area (TPSA) is 85.4 Å². The molecule has 0 unspecified atom stereocenters. The molecule has 1 saturated carbocycles. The first-order valence-corrected chi connectivity index (χ1v) is 8.34. The molecule has 6 nitrogen and oxygen atoms in total. The molecule has 1 aliphatic rings. The van der Waals surface area contributed by atoms with E-state index in [1.54, 1.807) is 12.3 Å². The van der Waals surface area contributed by atoms with Crippen LogP contribution in [-0.4, -0.2) is 35.8 Å². The average molecular weight is 340 g/mol. The molecule has 3 rings (SSSR count). The van der Waals surface area contributed by atoms with Gasteiger partial charge < -0.3 is 10.1 Å². The van der Waals surface area contributed by atoms with Crippen molar-refractivity contribution in [3.8, 4) is 0 Å². The van der Waals surface area contributed by atoms with Gasteiger partial charge in [0.1, 0.15) is 11.8 Å². The maximum Gasteiger partial charge on any atom is 0.328 e. The van der Waals surface area contributed by atoms with Crippen LogP contribution in [0.5, 0.6) is 0 Å². The molecule has 6 heteroatoms. The number of benzene rings is 1. The maximum absolute atomic E-state index is 12.8. The molecule has 1 aliphatic carbocycles. The number of hydrogen-bond donors (Lipinski definition) is 1. The van der Waals surface area contributed by atoms with E-state index in [4.69, 9.17) is 4.74 Å². The molecule has 2 aromatic rings. The summed E-state index contributed by atoms with van der Waals surface area (Å²) in [5.41, 5.74) is 1.15. The Balaban J connectivity index is 1.87. The number of esters is 1. The molecule has 1 aromatic heterocycles. The third-order valence-corrected chi connectivity index (χ3v) is 4.63. The number of para-hydroxylation sites is 1. The van der Waals surface area contributed by atoms with Gasteiger partial charge in [-0.25, -0.2) is 4.79 Å². The lowest BCUT2D eigenvalue weighted by molar-refractivity contribution is -0.145. The van der Waals surface area contributed by atoms with E-state index >= 15 is 0 Å². The Morgan fingerprint density at radius 2 is 2.08 bits per heavy atom. The number of ketones is 1. The van der Waals surface area contributed by atoms with E-state index in [1.165, 1.54) is 7.11 Å². The van der Waals surface area contributed by atoms with Gasteiger partial charge in [-0.1, -0.05) is 18.2 Å². The minimum absolute atomic E-state index is 0.119. The smallest absolute Gasteiger partial charge is 0.328 e. The van der Waals surface area contributed by atoms with Gasteiger partial charge in [-0.15, -0.1) is 0 Å². The molecule has 1 amide bonds. The van der Waals surface area contributed by atoms with E-state index in [-0.39, 0.29) is 24.0 Å². The summed E-state index contributed by atoms with van der Waals surface area (Å²) in [6, 6.07) is 8.12. The number of nitrogens with zero attached hydrogens (tertiary/aromatic N) is 1. The predicted molar refractivity (Wildman–Crippen MR) is 92.0 cm³/mol. The lowest BCUT2D eigenvalue weighted by Crippen LogP contribution is -2.48. The lowest BCUT2D eigenvalue weighted by Gasteiger charge is -2.28. The number of Topliss-reactive ketones (excluding diaryl/α,β-unsaturated/α-hetero) is 1. The second-order valence-electron chi connectivity index (χ2n) is 6.25. The molecule has 25 heavy (non-hydrogen) atoms. The van der Waals surface area contributed by atoms with Crippen LogP contribution in [0.15, 0.2) is 36.5 Å². The van der Waals surface area contributed by atoms with Crippen molar-refractivity contribution in [1.29, 1.82) is 0 Å². The zero-order valence-corrected chi connectivity index (χ0v) is 14.0. The molecule has 1 fully saturated rings. The first-order valence-electron chi connectivity index (χ1n) is 8.34. The maximum atomic E-state index is 12.8. The monoisotopic (exact) mass is 340 g/mol. The largest absolute Gasteiger partial charge is 0.467 e. The van der Waals surface area contributed by atoms with E-state index in [1.807, 2.05) is 24.3 Å². The van der Waals surface area contributed by atoms with Crippen LogP contribution < -0.4 is 5.32 Å². The first-order chi connectivity index (χ1) is 12.1. The Labute approximate surface area is 145 Å². The van der Waals surface area contributed by atoms with Crippen LogP contribution in [0.4, 0.5) is 0 Å². The zero-order chi connectivity index (χ0) is 17.8. The molecule has 130 valence electrons. The van der Waals surface area contributed by atoms with Crippen molar-refractivity contribution in [2.45, 2.75) is 31.7 Å². The number of nitrogens with one attached hydrogen (secondary N) is 1. The molecule has 1 heterocycles. The van der Waals surface area contributed by atoms with Crippen molar-refractivity contribution >= 4 is 28.6 Å². The highest BCUT2D eigenvalue weighted by molar-refractivity contribution is 6.07. The van der Waals surface area contributed by atoms with E-state index < -0.39 is 12.0 Å². The minimum atomic E-state index is -0.825. The molecule has 0 radical (unpaired) electrons. The summed E-state index contributed by atoms with van der Waals surface area (Å²) in [7, 11) is 1.29. The summed E-state index contributed by atoms with van der Waals surface area (Å²) in [5.74, 6) is -1.00. The van der Waals surface area contributed by atoms with Crippen LogP contribution in [0.25, 0.3) is 10.9 Å². The third kappa shape index (κ3) is 3.68. The van der Waals surface area contributed by atoms with Crippen LogP contribution in [0.3, 0.4) is 0 Å². The number of rotatable bonds is 4. The van der Waals surface area contributed by atoms with Gasteiger partial charge in [0.15, 0.2) is 0 Å².